The third kappa shape index (κ3) is 5.74. The van der Waals surface area contributed by atoms with Crippen molar-refractivity contribution >= 4 is 27.7 Å². The second kappa shape index (κ2) is 8.74. The highest BCUT2D eigenvalue weighted by Crippen LogP contribution is 2.17. The lowest BCUT2D eigenvalue weighted by molar-refractivity contribution is -0.130. The Bertz CT molecular complexity index is 463. The van der Waals surface area contributed by atoms with Gasteiger partial charge in [0.2, 0.25) is 11.8 Å². The molecule has 1 N–H and O–H groups in total. The SMILES string of the molecule is CCCC(=O)NCCC(=O)N(C)Cc1ccccc1Br. The minimum absolute atomic E-state index is 0.00811. The molecule has 0 aliphatic rings. The predicted molar refractivity (Wildman–Crippen MR) is 83.2 cm³/mol. The monoisotopic (exact) mass is 340 g/mol. The fraction of sp³-hybridized carbons (Fsp3) is 0.467. The topological polar surface area (TPSA) is 49.4 Å². The molecule has 110 valence electrons. The average molecular weight is 341 g/mol. The number of hydrogen-bond donors (Lipinski definition) is 1. The Morgan fingerprint density at radius 3 is 2.60 bits per heavy atom. The smallest absolute Gasteiger partial charge is 0.224 e. The summed E-state index contributed by atoms with van der Waals surface area (Å²) >= 11 is 3.47. The van der Waals surface area contributed by atoms with Crippen LogP contribution in [-0.2, 0) is 16.1 Å². The summed E-state index contributed by atoms with van der Waals surface area (Å²) in [4.78, 5) is 24.9. The van der Waals surface area contributed by atoms with Crippen LogP contribution in [0.1, 0.15) is 31.7 Å². The van der Waals surface area contributed by atoms with E-state index in [2.05, 4.69) is 21.2 Å². The fourth-order valence-corrected chi connectivity index (χ4v) is 2.20. The number of rotatable bonds is 7. The molecule has 1 aromatic rings. The van der Waals surface area contributed by atoms with Crippen molar-refractivity contribution in [1.29, 1.82) is 0 Å². The molecule has 4 nitrogen and oxygen atoms in total. The van der Waals surface area contributed by atoms with Crippen molar-refractivity contribution < 1.29 is 9.59 Å². The van der Waals surface area contributed by atoms with Crippen LogP contribution in [0, 0.1) is 0 Å². The van der Waals surface area contributed by atoms with E-state index in [0.29, 0.717) is 25.9 Å². The van der Waals surface area contributed by atoms with Crippen LogP contribution in [0.5, 0.6) is 0 Å². The molecule has 0 heterocycles. The molecule has 5 heteroatoms. The zero-order valence-electron chi connectivity index (χ0n) is 12.0. The zero-order chi connectivity index (χ0) is 15.0. The van der Waals surface area contributed by atoms with Gasteiger partial charge in [0.1, 0.15) is 0 Å². The summed E-state index contributed by atoms with van der Waals surface area (Å²) in [7, 11) is 1.77. The van der Waals surface area contributed by atoms with Gasteiger partial charge in [-0.3, -0.25) is 9.59 Å². The van der Waals surface area contributed by atoms with Crippen molar-refractivity contribution in [3.05, 3.63) is 34.3 Å². The minimum atomic E-state index is 0.00811. The van der Waals surface area contributed by atoms with Crippen molar-refractivity contribution in [1.82, 2.24) is 10.2 Å². The molecule has 0 saturated carbocycles. The minimum Gasteiger partial charge on any atom is -0.356 e. The lowest BCUT2D eigenvalue weighted by atomic mass is 10.2. The Morgan fingerprint density at radius 2 is 1.95 bits per heavy atom. The summed E-state index contributed by atoms with van der Waals surface area (Å²) in [6.45, 7) is 2.91. The van der Waals surface area contributed by atoms with Gasteiger partial charge in [0.15, 0.2) is 0 Å². The van der Waals surface area contributed by atoms with Crippen molar-refractivity contribution in [2.24, 2.45) is 0 Å². The highest BCUT2D eigenvalue weighted by molar-refractivity contribution is 9.10. The van der Waals surface area contributed by atoms with Gasteiger partial charge in [0.25, 0.3) is 0 Å². The van der Waals surface area contributed by atoms with Crippen LogP contribution in [0.2, 0.25) is 0 Å². The van der Waals surface area contributed by atoms with Gasteiger partial charge >= 0.3 is 0 Å². The van der Waals surface area contributed by atoms with Crippen LogP contribution >= 0.6 is 15.9 Å². The number of carbonyl (C=O) groups excluding carboxylic acids is 2. The van der Waals surface area contributed by atoms with Gasteiger partial charge in [-0.25, -0.2) is 0 Å². The Morgan fingerprint density at radius 1 is 1.25 bits per heavy atom. The van der Waals surface area contributed by atoms with Gasteiger partial charge in [-0.2, -0.15) is 0 Å². The Hall–Kier alpha value is -1.36. The summed E-state index contributed by atoms with van der Waals surface area (Å²) in [5.41, 5.74) is 1.07. The quantitative estimate of drug-likeness (QED) is 0.829. The largest absolute Gasteiger partial charge is 0.356 e. The normalized spacial score (nSPS) is 10.2. The third-order valence-corrected chi connectivity index (χ3v) is 3.70. The summed E-state index contributed by atoms with van der Waals surface area (Å²) < 4.78 is 0.996. The lowest BCUT2D eigenvalue weighted by Gasteiger charge is -2.18. The molecule has 0 aliphatic heterocycles. The number of nitrogens with one attached hydrogen (secondary N) is 1. The maximum atomic E-state index is 12.0. The highest BCUT2D eigenvalue weighted by atomic mass is 79.9. The molecule has 2 amide bonds. The fourth-order valence-electron chi connectivity index (χ4n) is 1.79. The average Bonchev–Trinajstić information content (AvgIpc) is 2.41. The summed E-state index contributed by atoms with van der Waals surface area (Å²) in [5, 5.41) is 2.75. The second-order valence-electron chi connectivity index (χ2n) is 4.69. The van der Waals surface area contributed by atoms with Gasteiger partial charge < -0.3 is 10.2 Å². The Balaban J connectivity index is 2.36. The van der Waals surface area contributed by atoms with Crippen LogP contribution in [0.25, 0.3) is 0 Å². The van der Waals surface area contributed by atoms with Crippen molar-refractivity contribution in [2.45, 2.75) is 32.7 Å². The van der Waals surface area contributed by atoms with E-state index in [4.69, 9.17) is 0 Å². The number of carbonyl (C=O) groups is 2. The van der Waals surface area contributed by atoms with Gasteiger partial charge in [0, 0.05) is 37.5 Å². The zero-order valence-corrected chi connectivity index (χ0v) is 13.6. The summed E-state index contributed by atoms with van der Waals surface area (Å²) in [5.74, 6) is 0.0336. The molecule has 0 spiro atoms. The number of nitrogens with zero attached hydrogens (tertiary/aromatic N) is 1. The van der Waals surface area contributed by atoms with E-state index in [1.807, 2.05) is 31.2 Å². The molecule has 1 rings (SSSR count). The molecule has 0 saturated heterocycles. The van der Waals surface area contributed by atoms with E-state index in [0.717, 1.165) is 16.5 Å². The standard InChI is InChI=1S/C15H21BrN2O2/c1-3-6-14(19)17-10-9-15(20)18(2)11-12-7-4-5-8-13(12)16/h4-5,7-8H,3,6,9-11H2,1-2H3,(H,17,19). The van der Waals surface area contributed by atoms with E-state index in [-0.39, 0.29) is 11.8 Å². The molecular formula is C15H21BrN2O2. The molecule has 0 unspecified atom stereocenters. The first-order valence-corrected chi connectivity index (χ1v) is 7.58. The van der Waals surface area contributed by atoms with E-state index in [9.17, 15) is 9.59 Å². The van der Waals surface area contributed by atoms with Crippen LogP contribution in [0.15, 0.2) is 28.7 Å². The Kier molecular flexibility index (Phi) is 7.30. The molecule has 0 atom stereocenters. The third-order valence-electron chi connectivity index (χ3n) is 2.93. The maximum absolute atomic E-state index is 12.0. The van der Waals surface area contributed by atoms with Gasteiger partial charge in [-0.1, -0.05) is 41.1 Å². The molecule has 0 aliphatic carbocycles. The second-order valence-corrected chi connectivity index (χ2v) is 5.55. The van der Waals surface area contributed by atoms with Gasteiger partial charge in [-0.05, 0) is 18.1 Å². The van der Waals surface area contributed by atoms with Crippen LogP contribution in [-0.4, -0.2) is 30.3 Å². The van der Waals surface area contributed by atoms with Crippen LogP contribution in [0.4, 0.5) is 0 Å². The Labute approximate surface area is 128 Å². The number of amides is 2. The van der Waals surface area contributed by atoms with E-state index in [1.165, 1.54) is 0 Å². The maximum Gasteiger partial charge on any atom is 0.224 e. The predicted octanol–water partition coefficient (Wildman–Crippen LogP) is 2.71. The van der Waals surface area contributed by atoms with Crippen molar-refractivity contribution in [3.8, 4) is 0 Å². The summed E-state index contributed by atoms with van der Waals surface area (Å²) in [6, 6.07) is 7.83. The van der Waals surface area contributed by atoms with Crippen molar-refractivity contribution in [3.63, 3.8) is 0 Å². The van der Waals surface area contributed by atoms with Crippen LogP contribution in [0.3, 0.4) is 0 Å². The molecule has 0 bridgehead atoms. The molecular weight excluding hydrogens is 320 g/mol. The van der Waals surface area contributed by atoms with E-state index in [1.54, 1.807) is 11.9 Å². The molecule has 20 heavy (non-hydrogen) atoms. The molecule has 0 aromatic heterocycles. The van der Waals surface area contributed by atoms with Crippen LogP contribution < -0.4 is 5.32 Å². The number of benzene rings is 1. The van der Waals surface area contributed by atoms with Gasteiger partial charge in [0.05, 0.1) is 0 Å². The lowest BCUT2D eigenvalue weighted by Crippen LogP contribution is -2.31. The van der Waals surface area contributed by atoms with E-state index >= 15 is 0 Å². The summed E-state index contributed by atoms with van der Waals surface area (Å²) in [6.07, 6.45) is 1.67. The highest BCUT2D eigenvalue weighted by Gasteiger charge is 2.11. The molecule has 0 radical (unpaired) electrons. The first-order chi connectivity index (χ1) is 9.54. The molecule has 1 aromatic carbocycles. The molecule has 0 fully saturated rings. The first kappa shape index (κ1) is 16.7. The van der Waals surface area contributed by atoms with Crippen molar-refractivity contribution in [2.75, 3.05) is 13.6 Å². The first-order valence-electron chi connectivity index (χ1n) is 6.78. The van der Waals surface area contributed by atoms with E-state index < -0.39 is 0 Å². The number of halogens is 1. The van der Waals surface area contributed by atoms with Gasteiger partial charge in [-0.15, -0.1) is 0 Å². The number of hydrogen-bond acceptors (Lipinski definition) is 2.